The van der Waals surface area contributed by atoms with Crippen molar-refractivity contribution in [3.63, 3.8) is 0 Å². The lowest BCUT2D eigenvalue weighted by atomic mass is 10.1. The average molecular weight is 360 g/mol. The predicted molar refractivity (Wildman–Crippen MR) is 88.8 cm³/mol. The highest BCUT2D eigenvalue weighted by atomic mass is 16.4. The molecule has 0 unspecified atom stereocenters. The van der Waals surface area contributed by atoms with E-state index in [9.17, 15) is 24.3 Å². The largest absolute Gasteiger partial charge is 0.481 e. The Bertz CT molecular complexity index is 465. The van der Waals surface area contributed by atoms with Crippen LogP contribution in [0.3, 0.4) is 0 Å². The van der Waals surface area contributed by atoms with Crippen LogP contribution in [0.2, 0.25) is 0 Å². The molecule has 0 rings (SSSR count). The van der Waals surface area contributed by atoms with Crippen LogP contribution in [-0.4, -0.2) is 57.8 Å². The summed E-state index contributed by atoms with van der Waals surface area (Å²) < 4.78 is 0. The summed E-state index contributed by atoms with van der Waals surface area (Å²) >= 11 is 0. The van der Waals surface area contributed by atoms with E-state index in [0.29, 0.717) is 12.3 Å². The zero-order valence-electron chi connectivity index (χ0n) is 14.7. The minimum absolute atomic E-state index is 0.206. The molecule has 0 aliphatic rings. The second-order valence-corrected chi connectivity index (χ2v) is 6.27. The van der Waals surface area contributed by atoms with Crippen molar-refractivity contribution in [2.75, 3.05) is 6.61 Å². The molecule has 9 heteroatoms. The number of carboxylic acid groups (broad SMARTS) is 2. The van der Waals surface area contributed by atoms with E-state index in [0.717, 1.165) is 12.8 Å². The number of hydrogen-bond acceptors (Lipinski definition) is 5. The number of unbranched alkanes of at least 4 members (excludes halogenated alkanes) is 1. The van der Waals surface area contributed by atoms with Crippen LogP contribution >= 0.6 is 0 Å². The van der Waals surface area contributed by atoms with Gasteiger partial charge in [0.25, 0.3) is 0 Å². The summed E-state index contributed by atoms with van der Waals surface area (Å²) in [6, 6.07) is -2.68. The van der Waals surface area contributed by atoms with Crippen LogP contribution in [0.25, 0.3) is 0 Å². The van der Waals surface area contributed by atoms with E-state index in [-0.39, 0.29) is 12.8 Å². The van der Waals surface area contributed by atoms with E-state index in [4.69, 9.17) is 10.2 Å². The normalized spacial score (nSPS) is 13.1. The molecule has 0 aromatic heterocycles. The Hall–Kier alpha value is -2.16. The Kier molecular flexibility index (Phi) is 11.2. The van der Waals surface area contributed by atoms with Crippen molar-refractivity contribution in [2.24, 2.45) is 5.92 Å². The third-order valence-electron chi connectivity index (χ3n) is 3.53. The molecule has 0 saturated carbocycles. The average Bonchev–Trinajstić information content (AvgIpc) is 2.52. The van der Waals surface area contributed by atoms with Crippen LogP contribution in [0.5, 0.6) is 0 Å². The lowest BCUT2D eigenvalue weighted by Gasteiger charge is -2.19. The zero-order valence-corrected chi connectivity index (χ0v) is 14.7. The number of nitrogens with one attached hydrogen (secondary N) is 2. The van der Waals surface area contributed by atoms with Gasteiger partial charge in [0, 0.05) is 12.8 Å². The maximum absolute atomic E-state index is 12.0. The summed E-state index contributed by atoms with van der Waals surface area (Å²) in [7, 11) is 0. The molecule has 5 N–H and O–H groups in total. The second kappa shape index (κ2) is 12.2. The van der Waals surface area contributed by atoms with Crippen molar-refractivity contribution in [3.8, 4) is 0 Å². The Morgan fingerprint density at radius 3 is 2.00 bits per heavy atom. The minimum atomic E-state index is -1.40. The summed E-state index contributed by atoms with van der Waals surface area (Å²) in [5, 5.41) is 31.3. The van der Waals surface area contributed by atoms with Gasteiger partial charge in [0.2, 0.25) is 11.8 Å². The van der Waals surface area contributed by atoms with Crippen LogP contribution in [0.15, 0.2) is 0 Å². The molecule has 0 radical (unpaired) electrons. The molecule has 0 bridgehead atoms. The third-order valence-corrected chi connectivity index (χ3v) is 3.53. The maximum Gasteiger partial charge on any atom is 0.326 e. The van der Waals surface area contributed by atoms with Crippen LogP contribution < -0.4 is 10.6 Å². The number of carbonyl (C=O) groups is 4. The molecule has 0 aromatic carbocycles. The quantitative estimate of drug-likeness (QED) is 0.292. The van der Waals surface area contributed by atoms with Gasteiger partial charge in [-0.15, -0.1) is 0 Å². The third kappa shape index (κ3) is 11.1. The Labute approximate surface area is 146 Å². The van der Waals surface area contributed by atoms with Gasteiger partial charge in [0.15, 0.2) is 0 Å². The van der Waals surface area contributed by atoms with Crippen molar-refractivity contribution in [1.29, 1.82) is 0 Å². The number of aliphatic hydroxyl groups excluding tert-OH is 1. The highest BCUT2D eigenvalue weighted by Crippen LogP contribution is 2.08. The highest BCUT2D eigenvalue weighted by Gasteiger charge is 2.26. The summed E-state index contributed by atoms with van der Waals surface area (Å²) in [6.07, 6.45) is 2.00. The molecule has 25 heavy (non-hydrogen) atoms. The van der Waals surface area contributed by atoms with Crippen molar-refractivity contribution < 1.29 is 34.5 Å². The fourth-order valence-corrected chi connectivity index (χ4v) is 2.10. The van der Waals surface area contributed by atoms with Gasteiger partial charge < -0.3 is 26.0 Å². The molecular formula is C16H28N2O7. The summed E-state index contributed by atoms with van der Waals surface area (Å²) in [6.45, 7) is 3.47. The highest BCUT2D eigenvalue weighted by molar-refractivity contribution is 5.90. The summed E-state index contributed by atoms with van der Waals surface area (Å²) in [4.78, 5) is 45.4. The molecule has 0 fully saturated rings. The number of aliphatic hydroxyl groups is 1. The van der Waals surface area contributed by atoms with E-state index in [2.05, 4.69) is 24.5 Å². The topological polar surface area (TPSA) is 153 Å². The van der Waals surface area contributed by atoms with E-state index >= 15 is 0 Å². The van der Waals surface area contributed by atoms with Gasteiger partial charge in [-0.2, -0.15) is 0 Å². The van der Waals surface area contributed by atoms with Crippen molar-refractivity contribution in [1.82, 2.24) is 10.6 Å². The Morgan fingerprint density at radius 2 is 1.52 bits per heavy atom. The van der Waals surface area contributed by atoms with E-state index in [1.165, 1.54) is 0 Å². The molecular weight excluding hydrogens is 332 g/mol. The number of carboxylic acids is 2. The number of amides is 2. The zero-order chi connectivity index (χ0) is 19.4. The molecule has 2 atom stereocenters. The van der Waals surface area contributed by atoms with Crippen molar-refractivity contribution in [3.05, 3.63) is 0 Å². The number of aliphatic carboxylic acids is 2. The first kappa shape index (κ1) is 22.8. The van der Waals surface area contributed by atoms with Crippen LogP contribution in [0, 0.1) is 5.92 Å². The summed E-state index contributed by atoms with van der Waals surface area (Å²) in [5.74, 6) is -3.30. The van der Waals surface area contributed by atoms with E-state index in [1.807, 2.05) is 0 Å². The Balaban J connectivity index is 4.44. The van der Waals surface area contributed by atoms with Gasteiger partial charge in [-0.3, -0.25) is 14.4 Å². The molecule has 0 aliphatic carbocycles. The maximum atomic E-state index is 12.0. The molecule has 144 valence electrons. The van der Waals surface area contributed by atoms with Gasteiger partial charge in [0.05, 0.1) is 6.61 Å². The number of carbonyl (C=O) groups excluding carboxylic acids is 2. The molecule has 9 nitrogen and oxygen atoms in total. The van der Waals surface area contributed by atoms with Gasteiger partial charge >= 0.3 is 11.9 Å². The van der Waals surface area contributed by atoms with E-state index < -0.39 is 48.9 Å². The first-order valence-corrected chi connectivity index (χ1v) is 8.32. The molecule has 0 saturated heterocycles. The molecule has 0 spiro atoms. The smallest absolute Gasteiger partial charge is 0.326 e. The first-order valence-electron chi connectivity index (χ1n) is 8.32. The molecule has 0 aromatic rings. The van der Waals surface area contributed by atoms with Crippen molar-refractivity contribution >= 4 is 23.8 Å². The standard InChI is InChI=1S/C16H28N2O7/c1-10(2)5-3-4-6-13(20)17-12(9-19)15(23)18-11(16(24)25)7-8-14(21)22/h10-12,19H,3-9H2,1-2H3,(H,17,20)(H,18,23)(H,21,22)(H,24,25)/t11-,12-/m0/s1. The van der Waals surface area contributed by atoms with E-state index in [1.54, 1.807) is 0 Å². The van der Waals surface area contributed by atoms with Crippen LogP contribution in [0.1, 0.15) is 52.4 Å². The van der Waals surface area contributed by atoms with Gasteiger partial charge in [0.1, 0.15) is 12.1 Å². The second-order valence-electron chi connectivity index (χ2n) is 6.27. The molecule has 0 aliphatic heterocycles. The van der Waals surface area contributed by atoms with Gasteiger partial charge in [-0.25, -0.2) is 4.79 Å². The Morgan fingerprint density at radius 1 is 0.880 bits per heavy atom. The SMILES string of the molecule is CC(C)CCCCC(=O)N[C@@H](CO)C(=O)N[C@@H](CCC(=O)O)C(=O)O. The van der Waals surface area contributed by atoms with Gasteiger partial charge in [-0.05, 0) is 18.8 Å². The van der Waals surface area contributed by atoms with Gasteiger partial charge in [-0.1, -0.05) is 26.7 Å². The summed E-state index contributed by atoms with van der Waals surface area (Å²) in [5.41, 5.74) is 0. The lowest BCUT2D eigenvalue weighted by molar-refractivity contribution is -0.143. The van der Waals surface area contributed by atoms with Crippen molar-refractivity contribution in [2.45, 2.75) is 64.5 Å². The molecule has 2 amide bonds. The van der Waals surface area contributed by atoms with Crippen LogP contribution in [0.4, 0.5) is 0 Å². The number of hydrogen-bond donors (Lipinski definition) is 5. The first-order chi connectivity index (χ1) is 11.7. The van der Waals surface area contributed by atoms with Crippen LogP contribution in [-0.2, 0) is 19.2 Å². The number of rotatable bonds is 13. The lowest BCUT2D eigenvalue weighted by Crippen LogP contribution is -2.53. The predicted octanol–water partition coefficient (Wildman–Crippen LogP) is 0.114. The fourth-order valence-electron chi connectivity index (χ4n) is 2.10. The fraction of sp³-hybridized carbons (Fsp3) is 0.750. The monoisotopic (exact) mass is 360 g/mol. The minimum Gasteiger partial charge on any atom is -0.481 e. The molecule has 0 heterocycles.